The highest BCUT2D eigenvalue weighted by Crippen LogP contribution is 2.34. The number of halogens is 4. The summed E-state index contributed by atoms with van der Waals surface area (Å²) in [5, 5.41) is 3.82. The molecule has 0 unspecified atom stereocenters. The number of hydrogen-bond acceptors (Lipinski definition) is 2. The van der Waals surface area contributed by atoms with Crippen LogP contribution in [-0.4, -0.2) is 10.9 Å². The molecule has 0 saturated heterocycles. The van der Waals surface area contributed by atoms with Gasteiger partial charge in [-0.1, -0.05) is 53.3 Å². The van der Waals surface area contributed by atoms with Crippen molar-refractivity contribution in [3.05, 3.63) is 55.7 Å². The van der Waals surface area contributed by atoms with E-state index < -0.39 is 0 Å². The maximum atomic E-state index is 12.3. The second-order valence-electron chi connectivity index (χ2n) is 4.22. The first-order chi connectivity index (χ1) is 9.90. The number of carbonyl (C=O) groups is 1. The molecule has 0 atom stereocenters. The van der Waals surface area contributed by atoms with Gasteiger partial charge in [0.15, 0.2) is 0 Å². The molecule has 0 aliphatic rings. The molecule has 2 aromatic rings. The lowest BCUT2D eigenvalue weighted by Gasteiger charge is -2.10. The van der Waals surface area contributed by atoms with Crippen molar-refractivity contribution in [3.8, 4) is 0 Å². The number of nitrogens with zero attached hydrogens (tertiary/aromatic N) is 1. The van der Waals surface area contributed by atoms with Crippen molar-refractivity contribution in [2.75, 3.05) is 5.32 Å². The molecule has 1 heterocycles. The molecular formula is C14H10Cl4N2O. The van der Waals surface area contributed by atoms with Crippen molar-refractivity contribution in [2.45, 2.75) is 13.3 Å². The maximum absolute atomic E-state index is 12.3. The summed E-state index contributed by atoms with van der Waals surface area (Å²) in [4.78, 5) is 16.4. The quantitative estimate of drug-likeness (QED) is 0.730. The average molecular weight is 364 g/mol. The van der Waals surface area contributed by atoms with Gasteiger partial charge < -0.3 is 5.32 Å². The zero-order chi connectivity index (χ0) is 15.6. The van der Waals surface area contributed by atoms with E-state index in [9.17, 15) is 4.79 Å². The lowest BCUT2D eigenvalue weighted by Crippen LogP contribution is -2.13. The Morgan fingerprint density at radius 1 is 1.10 bits per heavy atom. The van der Waals surface area contributed by atoms with Gasteiger partial charge in [0, 0.05) is 16.3 Å². The summed E-state index contributed by atoms with van der Waals surface area (Å²) < 4.78 is 0. The van der Waals surface area contributed by atoms with Crippen LogP contribution in [0.2, 0.25) is 20.2 Å². The molecule has 7 heteroatoms. The zero-order valence-electron chi connectivity index (χ0n) is 10.9. The molecule has 1 N–H and O–H groups in total. The minimum absolute atomic E-state index is 0.257. The van der Waals surface area contributed by atoms with Crippen LogP contribution < -0.4 is 5.32 Å². The number of carbonyl (C=O) groups excluding carboxylic acids is 1. The van der Waals surface area contributed by atoms with Gasteiger partial charge in [0.25, 0.3) is 5.91 Å². The van der Waals surface area contributed by atoms with Gasteiger partial charge in [-0.05, 0) is 30.7 Å². The highest BCUT2D eigenvalue weighted by atomic mass is 35.5. The van der Waals surface area contributed by atoms with E-state index in [0.29, 0.717) is 22.7 Å². The molecule has 1 amide bonds. The van der Waals surface area contributed by atoms with Crippen molar-refractivity contribution in [1.29, 1.82) is 0 Å². The molecule has 0 aliphatic heterocycles. The van der Waals surface area contributed by atoms with E-state index in [1.807, 2.05) is 6.92 Å². The Bertz CT molecular complexity index is 680. The van der Waals surface area contributed by atoms with Crippen molar-refractivity contribution in [2.24, 2.45) is 0 Å². The molecule has 0 saturated carbocycles. The first-order valence-corrected chi connectivity index (χ1v) is 7.54. The Balaban J connectivity index is 2.32. The molecule has 3 nitrogen and oxygen atoms in total. The van der Waals surface area contributed by atoms with Crippen LogP contribution in [0.15, 0.2) is 24.3 Å². The molecule has 1 aromatic heterocycles. The summed E-state index contributed by atoms with van der Waals surface area (Å²) in [5.74, 6) is -0.375. The Hall–Kier alpha value is -1.000. The standard InChI is InChI=1S/C14H10Cl4N2O/c1-2-9-3-7(4-12(18)19-9)14(21)20-13-10(16)5-8(15)6-11(13)17/h3-6H,2H2,1H3,(H,20,21). The molecule has 0 aliphatic carbocycles. The number of aromatic nitrogens is 1. The van der Waals surface area contributed by atoms with Gasteiger partial charge in [-0.25, -0.2) is 4.98 Å². The largest absolute Gasteiger partial charge is 0.319 e. The van der Waals surface area contributed by atoms with Gasteiger partial charge in [0.1, 0.15) is 5.15 Å². The Morgan fingerprint density at radius 3 is 2.29 bits per heavy atom. The van der Waals surface area contributed by atoms with Gasteiger partial charge in [-0.2, -0.15) is 0 Å². The summed E-state index contributed by atoms with van der Waals surface area (Å²) in [6.07, 6.45) is 0.670. The predicted molar refractivity (Wildman–Crippen MR) is 88.1 cm³/mol. The second kappa shape index (κ2) is 6.84. The summed E-state index contributed by atoms with van der Waals surface area (Å²) in [7, 11) is 0. The summed E-state index contributed by atoms with van der Waals surface area (Å²) >= 11 is 23.8. The Labute approximate surface area is 142 Å². The molecule has 0 fully saturated rings. The molecule has 110 valence electrons. The number of hydrogen-bond donors (Lipinski definition) is 1. The lowest BCUT2D eigenvalue weighted by atomic mass is 10.2. The normalized spacial score (nSPS) is 10.5. The highest BCUT2D eigenvalue weighted by molar-refractivity contribution is 6.42. The van der Waals surface area contributed by atoms with Crippen LogP contribution in [0.1, 0.15) is 23.0 Å². The Kier molecular flexibility index (Phi) is 5.33. The second-order valence-corrected chi connectivity index (χ2v) is 5.86. The van der Waals surface area contributed by atoms with E-state index in [1.54, 1.807) is 6.07 Å². The van der Waals surface area contributed by atoms with E-state index >= 15 is 0 Å². The van der Waals surface area contributed by atoms with Crippen molar-refractivity contribution >= 4 is 58.0 Å². The van der Waals surface area contributed by atoms with Crippen molar-refractivity contribution in [1.82, 2.24) is 4.98 Å². The van der Waals surface area contributed by atoms with Gasteiger partial charge >= 0.3 is 0 Å². The van der Waals surface area contributed by atoms with Gasteiger partial charge in [0.05, 0.1) is 15.7 Å². The van der Waals surface area contributed by atoms with Gasteiger partial charge in [-0.3, -0.25) is 4.79 Å². The van der Waals surface area contributed by atoms with Crippen LogP contribution in [0.25, 0.3) is 0 Å². The van der Waals surface area contributed by atoms with Crippen LogP contribution in [0.4, 0.5) is 5.69 Å². The number of rotatable bonds is 3. The number of benzene rings is 1. The monoisotopic (exact) mass is 362 g/mol. The van der Waals surface area contributed by atoms with Crippen LogP contribution >= 0.6 is 46.4 Å². The third-order valence-electron chi connectivity index (χ3n) is 2.72. The average Bonchev–Trinajstić information content (AvgIpc) is 2.41. The van der Waals surface area contributed by atoms with Crippen LogP contribution in [0.3, 0.4) is 0 Å². The van der Waals surface area contributed by atoms with E-state index in [-0.39, 0.29) is 21.1 Å². The molecule has 2 rings (SSSR count). The minimum Gasteiger partial charge on any atom is -0.319 e. The first kappa shape index (κ1) is 16.4. The third-order valence-corrected chi connectivity index (χ3v) is 3.72. The number of amides is 1. The van der Waals surface area contributed by atoms with Gasteiger partial charge in [0.2, 0.25) is 0 Å². The van der Waals surface area contributed by atoms with Crippen LogP contribution in [0.5, 0.6) is 0 Å². The maximum Gasteiger partial charge on any atom is 0.255 e. The van der Waals surface area contributed by atoms with E-state index in [0.717, 1.165) is 5.69 Å². The molecule has 0 radical (unpaired) electrons. The van der Waals surface area contributed by atoms with Crippen molar-refractivity contribution < 1.29 is 4.79 Å². The molecule has 1 aromatic carbocycles. The van der Waals surface area contributed by atoms with E-state index in [1.165, 1.54) is 18.2 Å². The van der Waals surface area contributed by atoms with Crippen LogP contribution in [-0.2, 0) is 6.42 Å². The SMILES string of the molecule is CCc1cc(C(=O)Nc2c(Cl)cc(Cl)cc2Cl)cc(Cl)n1. The first-order valence-electron chi connectivity index (χ1n) is 6.03. The topological polar surface area (TPSA) is 42.0 Å². The fourth-order valence-corrected chi connectivity index (χ4v) is 2.85. The minimum atomic E-state index is -0.375. The van der Waals surface area contributed by atoms with E-state index in [2.05, 4.69) is 10.3 Å². The molecule has 21 heavy (non-hydrogen) atoms. The highest BCUT2D eigenvalue weighted by Gasteiger charge is 2.14. The molecular weight excluding hydrogens is 354 g/mol. The zero-order valence-corrected chi connectivity index (χ0v) is 13.9. The number of anilines is 1. The van der Waals surface area contributed by atoms with Crippen molar-refractivity contribution in [3.63, 3.8) is 0 Å². The third kappa shape index (κ3) is 4.01. The predicted octanol–water partition coefficient (Wildman–Crippen LogP) is 5.51. The molecule has 0 bridgehead atoms. The smallest absolute Gasteiger partial charge is 0.255 e. The lowest BCUT2D eigenvalue weighted by molar-refractivity contribution is 0.102. The van der Waals surface area contributed by atoms with E-state index in [4.69, 9.17) is 46.4 Å². The number of aryl methyl sites for hydroxylation is 1. The Morgan fingerprint density at radius 2 is 1.71 bits per heavy atom. The summed E-state index contributed by atoms with van der Waals surface area (Å²) in [5.41, 5.74) is 1.41. The van der Waals surface area contributed by atoms with Gasteiger partial charge in [-0.15, -0.1) is 0 Å². The number of nitrogens with one attached hydrogen (secondary N) is 1. The fraction of sp³-hybridized carbons (Fsp3) is 0.143. The molecule has 0 spiro atoms. The number of pyridine rings is 1. The fourth-order valence-electron chi connectivity index (χ4n) is 1.71. The summed E-state index contributed by atoms with van der Waals surface area (Å²) in [6.45, 7) is 1.92. The van der Waals surface area contributed by atoms with Crippen LogP contribution in [0, 0.1) is 0 Å². The summed E-state index contributed by atoms with van der Waals surface area (Å²) in [6, 6.07) is 6.15.